The number of nitrogens with one attached hydrogen (secondary N) is 3. The van der Waals surface area contributed by atoms with Gasteiger partial charge in [-0.3, -0.25) is 29.2 Å². The van der Waals surface area contributed by atoms with Gasteiger partial charge < -0.3 is 20.5 Å². The Balaban J connectivity index is 1.70. The van der Waals surface area contributed by atoms with Crippen LogP contribution in [0.15, 0.2) is 36.4 Å². The predicted molar refractivity (Wildman–Crippen MR) is 148 cm³/mol. The van der Waals surface area contributed by atoms with E-state index >= 15 is 0 Å². The monoisotopic (exact) mass is 551 g/mol. The zero-order valence-corrected chi connectivity index (χ0v) is 23.4. The maximum Gasteiger partial charge on any atom is 0.316 e. The number of hydrogen-bond donors (Lipinski definition) is 4. The van der Waals surface area contributed by atoms with Crippen LogP contribution in [0.3, 0.4) is 0 Å². The molecule has 5 atom stereocenters. The van der Waals surface area contributed by atoms with Gasteiger partial charge in [-0.05, 0) is 65.2 Å². The summed E-state index contributed by atoms with van der Waals surface area (Å²) in [6.45, 7) is 8.31. The van der Waals surface area contributed by atoms with Crippen molar-refractivity contribution in [3.63, 3.8) is 0 Å². The minimum absolute atomic E-state index is 0.269. The highest BCUT2D eigenvalue weighted by atomic mass is 16.6. The van der Waals surface area contributed by atoms with Crippen molar-refractivity contribution in [1.82, 2.24) is 26.1 Å². The highest BCUT2D eigenvalue weighted by molar-refractivity contribution is 5.91. The van der Waals surface area contributed by atoms with Crippen LogP contribution in [0.25, 0.3) is 17.0 Å². The van der Waals surface area contributed by atoms with Gasteiger partial charge in [-0.2, -0.15) is 0 Å². The number of hydrogen-bond acceptors (Lipinski definition) is 8. The van der Waals surface area contributed by atoms with Crippen LogP contribution in [0.1, 0.15) is 64.8 Å². The van der Waals surface area contributed by atoms with Crippen LogP contribution >= 0.6 is 0 Å². The van der Waals surface area contributed by atoms with E-state index < -0.39 is 47.5 Å². The summed E-state index contributed by atoms with van der Waals surface area (Å²) in [5.74, 6) is -2.25. The third kappa shape index (κ3) is 6.48. The number of nitrogens with zero attached hydrogens (tertiary/aromatic N) is 2. The SMILES string of the molecule is C[C@@H]1NC(=O)[C@H]([C@@H](C)O)OC(=O)C(C)(C)/C=C\c2ccc3ccc(nc3c2)[C@@H](C)NC(=O)[C@@H]2CCCN(N2)C1=O. The summed E-state index contributed by atoms with van der Waals surface area (Å²) in [5, 5.41) is 18.0. The number of pyridine rings is 1. The number of aliphatic hydroxyl groups is 1. The molecule has 11 heteroatoms. The van der Waals surface area contributed by atoms with Crippen LogP contribution < -0.4 is 16.1 Å². The number of cyclic esters (lactones) is 1. The van der Waals surface area contributed by atoms with Crippen molar-refractivity contribution >= 4 is 40.7 Å². The minimum atomic E-state index is -1.53. The molecule has 4 rings (SSSR count). The Bertz CT molecular complexity index is 1340. The molecule has 4 N–H and O–H groups in total. The van der Waals surface area contributed by atoms with Gasteiger partial charge in [-0.25, -0.2) is 5.43 Å². The fourth-order valence-corrected chi connectivity index (χ4v) is 4.62. The van der Waals surface area contributed by atoms with Crippen LogP contribution in [0, 0.1) is 5.41 Å². The lowest BCUT2D eigenvalue weighted by Crippen LogP contribution is -2.61. The molecule has 0 radical (unpaired) electrons. The van der Waals surface area contributed by atoms with Gasteiger partial charge in [-0.15, -0.1) is 0 Å². The molecular weight excluding hydrogens is 514 g/mol. The first-order chi connectivity index (χ1) is 18.9. The summed E-state index contributed by atoms with van der Waals surface area (Å²) in [4.78, 5) is 57.1. The Hall–Kier alpha value is -3.83. The molecule has 1 fully saturated rings. The minimum Gasteiger partial charge on any atom is -0.449 e. The van der Waals surface area contributed by atoms with E-state index in [4.69, 9.17) is 9.72 Å². The van der Waals surface area contributed by atoms with Gasteiger partial charge in [0.2, 0.25) is 12.0 Å². The van der Waals surface area contributed by atoms with Gasteiger partial charge in [0, 0.05) is 11.9 Å². The van der Waals surface area contributed by atoms with Crippen molar-refractivity contribution in [3.05, 3.63) is 47.7 Å². The number of hydrazine groups is 1. The van der Waals surface area contributed by atoms with Gasteiger partial charge in [0.05, 0.1) is 28.8 Å². The molecule has 214 valence electrons. The van der Waals surface area contributed by atoms with Crippen LogP contribution in [0.5, 0.6) is 0 Å². The molecule has 2 aliphatic heterocycles. The van der Waals surface area contributed by atoms with E-state index in [1.165, 1.54) is 18.9 Å². The Morgan fingerprint density at radius 3 is 2.48 bits per heavy atom. The topological polar surface area (TPSA) is 150 Å². The average Bonchev–Trinajstić information content (AvgIpc) is 2.92. The van der Waals surface area contributed by atoms with Crippen LogP contribution in [0.2, 0.25) is 0 Å². The summed E-state index contributed by atoms with van der Waals surface area (Å²) in [6.07, 6.45) is 1.69. The van der Waals surface area contributed by atoms with E-state index in [9.17, 15) is 24.3 Å². The van der Waals surface area contributed by atoms with Crippen molar-refractivity contribution in [2.24, 2.45) is 5.41 Å². The number of esters is 1. The van der Waals surface area contributed by atoms with Gasteiger partial charge in [0.1, 0.15) is 12.1 Å². The number of aliphatic hydroxyl groups excluding tert-OH is 1. The quantitative estimate of drug-likeness (QED) is 0.392. The summed E-state index contributed by atoms with van der Waals surface area (Å²) in [5.41, 5.74) is 4.03. The first kappa shape index (κ1) is 29.2. The molecule has 1 aromatic carbocycles. The van der Waals surface area contributed by atoms with E-state index in [0.29, 0.717) is 25.1 Å². The van der Waals surface area contributed by atoms with Crippen molar-refractivity contribution in [1.29, 1.82) is 0 Å². The normalized spacial score (nSPS) is 27.9. The second-order valence-electron chi connectivity index (χ2n) is 11.1. The van der Waals surface area contributed by atoms with Gasteiger partial charge >= 0.3 is 5.97 Å². The second-order valence-corrected chi connectivity index (χ2v) is 11.1. The van der Waals surface area contributed by atoms with Crippen LogP contribution in [0.4, 0.5) is 0 Å². The molecule has 3 amide bonds. The van der Waals surface area contributed by atoms with Gasteiger partial charge in [-0.1, -0.05) is 30.4 Å². The number of ether oxygens (including phenoxy) is 1. The average molecular weight is 552 g/mol. The third-order valence-electron chi connectivity index (χ3n) is 7.19. The van der Waals surface area contributed by atoms with Crippen molar-refractivity contribution in [3.8, 4) is 0 Å². The van der Waals surface area contributed by atoms with Crippen LogP contribution in [-0.2, 0) is 23.9 Å². The van der Waals surface area contributed by atoms with E-state index in [1.54, 1.807) is 26.0 Å². The fraction of sp³-hybridized carbons (Fsp3) is 0.483. The van der Waals surface area contributed by atoms with Crippen molar-refractivity contribution in [2.45, 2.75) is 77.8 Å². The highest BCUT2D eigenvalue weighted by Gasteiger charge is 2.37. The molecule has 0 spiro atoms. The van der Waals surface area contributed by atoms with E-state index in [2.05, 4.69) is 16.1 Å². The lowest BCUT2D eigenvalue weighted by molar-refractivity contribution is -0.168. The number of carbonyl (C=O) groups is 4. The van der Waals surface area contributed by atoms with Crippen LogP contribution in [-0.4, -0.2) is 69.6 Å². The summed E-state index contributed by atoms with van der Waals surface area (Å²) >= 11 is 0. The van der Waals surface area contributed by atoms with Crippen molar-refractivity contribution < 1.29 is 29.0 Å². The van der Waals surface area contributed by atoms with E-state index in [-0.39, 0.29) is 11.9 Å². The zero-order valence-electron chi connectivity index (χ0n) is 23.4. The van der Waals surface area contributed by atoms with E-state index in [0.717, 1.165) is 16.5 Å². The molecule has 11 nitrogen and oxygen atoms in total. The standard InChI is InChI=1S/C29H37N5O6/c1-16-21-11-10-20-9-8-19(15-23(20)32-21)12-13-29(4,5)28(39)40-24(18(3)35)26(37)31-17(2)27(38)34-14-6-7-22(33-34)25(36)30-16/h8-13,15-18,22,24,33,35H,6-7,14H2,1-5H3,(H,30,36)(H,31,37)/b13-12-/t16-,17+,18-,22+,24+/m1/s1. The first-order valence-electron chi connectivity index (χ1n) is 13.5. The summed E-state index contributed by atoms with van der Waals surface area (Å²) in [7, 11) is 0. The molecule has 0 saturated carbocycles. The molecule has 0 aliphatic carbocycles. The fourth-order valence-electron chi connectivity index (χ4n) is 4.62. The summed E-state index contributed by atoms with van der Waals surface area (Å²) < 4.78 is 5.45. The Morgan fingerprint density at radius 1 is 1.05 bits per heavy atom. The first-order valence-corrected chi connectivity index (χ1v) is 13.5. The van der Waals surface area contributed by atoms with Crippen molar-refractivity contribution in [2.75, 3.05) is 6.54 Å². The molecule has 1 saturated heterocycles. The second kappa shape index (κ2) is 11.7. The Labute approximate surface area is 233 Å². The lowest BCUT2D eigenvalue weighted by atomic mass is 9.92. The molecule has 40 heavy (non-hydrogen) atoms. The van der Waals surface area contributed by atoms with Gasteiger partial charge in [0.25, 0.3) is 11.8 Å². The number of rotatable bonds is 1. The third-order valence-corrected chi connectivity index (χ3v) is 7.19. The maximum absolute atomic E-state index is 13.1. The number of amides is 3. The smallest absolute Gasteiger partial charge is 0.316 e. The number of benzene rings is 1. The molecule has 1 aromatic heterocycles. The molecule has 2 aliphatic rings. The number of aromatic nitrogens is 1. The molecule has 3 heterocycles. The van der Waals surface area contributed by atoms with Gasteiger partial charge in [0.15, 0.2) is 0 Å². The zero-order chi connectivity index (χ0) is 29.2. The molecular formula is C29H37N5O6. The molecule has 5 bridgehead atoms. The largest absolute Gasteiger partial charge is 0.449 e. The number of carbonyl (C=O) groups excluding carboxylic acids is 4. The molecule has 0 unspecified atom stereocenters. The molecule has 2 aromatic rings. The predicted octanol–water partition coefficient (Wildman–Crippen LogP) is 1.76. The Morgan fingerprint density at radius 2 is 1.75 bits per heavy atom. The van der Waals surface area contributed by atoms with E-state index in [1.807, 2.05) is 37.3 Å². The summed E-state index contributed by atoms with van der Waals surface area (Å²) in [6, 6.07) is 7.45. The maximum atomic E-state index is 13.1. The lowest BCUT2D eigenvalue weighted by Gasteiger charge is -2.35. The number of fused-ring (bicyclic) bond motifs is 4. The highest BCUT2D eigenvalue weighted by Crippen LogP contribution is 2.25. The Kier molecular flexibility index (Phi) is 8.55.